The molecule has 1 aromatic heterocycles. The van der Waals surface area contributed by atoms with Crippen LogP contribution in [0.5, 0.6) is 0 Å². The number of para-hydroxylation sites is 2. The molecule has 1 amide bonds. The zero-order chi connectivity index (χ0) is 22.8. The number of carbonyl (C=O) groups is 1. The topological polar surface area (TPSA) is 98.1 Å². The van der Waals surface area contributed by atoms with E-state index < -0.39 is 15.4 Å². The number of carbonyl (C=O) groups excluding carboxylic acids is 1. The minimum atomic E-state index is -3.11. The summed E-state index contributed by atoms with van der Waals surface area (Å²) >= 11 is 0. The van der Waals surface area contributed by atoms with E-state index in [1.54, 1.807) is 11.5 Å². The first-order valence-electron chi connectivity index (χ1n) is 10.8. The van der Waals surface area contributed by atoms with Gasteiger partial charge in [-0.05, 0) is 37.5 Å². The van der Waals surface area contributed by atoms with Crippen molar-refractivity contribution >= 4 is 26.8 Å². The van der Waals surface area contributed by atoms with Crippen LogP contribution in [0.25, 0.3) is 11.0 Å². The fraction of sp³-hybridized carbons (Fsp3) is 0.375. The Morgan fingerprint density at radius 2 is 1.81 bits per heavy atom. The Morgan fingerprint density at radius 3 is 2.53 bits per heavy atom. The maximum atomic E-state index is 13.2. The van der Waals surface area contributed by atoms with Crippen LogP contribution in [0.1, 0.15) is 31.0 Å². The average Bonchev–Trinajstić information content (AvgIpc) is 3.04. The Labute approximate surface area is 187 Å². The molecule has 8 heteroatoms. The average molecular weight is 454 g/mol. The Kier molecular flexibility index (Phi) is 6.15. The second kappa shape index (κ2) is 8.86. The lowest BCUT2D eigenvalue weighted by Gasteiger charge is -2.23. The van der Waals surface area contributed by atoms with Crippen molar-refractivity contribution in [3.63, 3.8) is 0 Å². The molecule has 1 unspecified atom stereocenters. The van der Waals surface area contributed by atoms with Crippen molar-refractivity contribution in [2.75, 3.05) is 11.5 Å². The van der Waals surface area contributed by atoms with Crippen LogP contribution in [-0.4, -0.2) is 40.9 Å². The molecule has 0 radical (unpaired) electrons. The second-order valence-electron chi connectivity index (χ2n) is 8.69. The van der Waals surface area contributed by atoms with Gasteiger partial charge in [0.25, 0.3) is 5.56 Å². The largest absolute Gasteiger partial charge is 0.350 e. The molecular weight excluding hydrogens is 426 g/mol. The van der Waals surface area contributed by atoms with E-state index >= 15 is 0 Å². The normalized spacial score (nSPS) is 19.8. The van der Waals surface area contributed by atoms with Gasteiger partial charge in [-0.2, -0.15) is 0 Å². The number of aryl methyl sites for hydroxylation is 3. The van der Waals surface area contributed by atoms with Gasteiger partial charge in [0.1, 0.15) is 5.69 Å². The predicted molar refractivity (Wildman–Crippen MR) is 124 cm³/mol. The van der Waals surface area contributed by atoms with Crippen LogP contribution in [0.15, 0.2) is 59.4 Å². The zero-order valence-corrected chi connectivity index (χ0v) is 18.9. The van der Waals surface area contributed by atoms with E-state index in [9.17, 15) is 18.0 Å². The van der Waals surface area contributed by atoms with Gasteiger partial charge in [0.15, 0.2) is 9.84 Å². The number of benzene rings is 2. The SMILES string of the molecule is CC1(NC(=O)CCc2nc3ccccc3n(CCc3ccccc3)c2=O)CCS(=O)(=O)C1. The maximum absolute atomic E-state index is 13.2. The zero-order valence-electron chi connectivity index (χ0n) is 18.1. The molecule has 0 spiro atoms. The summed E-state index contributed by atoms with van der Waals surface area (Å²) in [5.41, 5.74) is 2.02. The van der Waals surface area contributed by atoms with Crippen LogP contribution >= 0.6 is 0 Å². The molecule has 168 valence electrons. The Morgan fingerprint density at radius 1 is 1.09 bits per heavy atom. The van der Waals surface area contributed by atoms with E-state index in [1.807, 2.05) is 54.6 Å². The fourth-order valence-electron chi connectivity index (χ4n) is 4.26. The molecule has 1 aliphatic heterocycles. The third kappa shape index (κ3) is 5.07. The van der Waals surface area contributed by atoms with Crippen molar-refractivity contribution in [1.82, 2.24) is 14.9 Å². The summed E-state index contributed by atoms with van der Waals surface area (Å²) in [7, 11) is -3.11. The van der Waals surface area contributed by atoms with E-state index in [2.05, 4.69) is 10.3 Å². The molecule has 1 fully saturated rings. The number of hydrogen-bond acceptors (Lipinski definition) is 5. The maximum Gasteiger partial charge on any atom is 0.272 e. The minimum Gasteiger partial charge on any atom is -0.350 e. The van der Waals surface area contributed by atoms with Gasteiger partial charge < -0.3 is 9.88 Å². The first kappa shape index (κ1) is 22.2. The first-order chi connectivity index (χ1) is 15.2. The van der Waals surface area contributed by atoms with Gasteiger partial charge >= 0.3 is 0 Å². The summed E-state index contributed by atoms with van der Waals surface area (Å²) in [5, 5.41) is 2.84. The lowest BCUT2D eigenvalue weighted by Crippen LogP contribution is -2.47. The summed E-state index contributed by atoms with van der Waals surface area (Å²) in [4.78, 5) is 30.2. The van der Waals surface area contributed by atoms with Crippen LogP contribution in [0, 0.1) is 0 Å². The third-order valence-electron chi connectivity index (χ3n) is 5.92. The minimum absolute atomic E-state index is 0.0493. The number of aromatic nitrogens is 2. The highest BCUT2D eigenvalue weighted by molar-refractivity contribution is 7.91. The number of amides is 1. The van der Waals surface area contributed by atoms with Crippen LogP contribution in [0.2, 0.25) is 0 Å². The number of fused-ring (bicyclic) bond motifs is 1. The summed E-state index contributed by atoms with van der Waals surface area (Å²) in [6.07, 6.45) is 1.39. The number of sulfone groups is 1. The van der Waals surface area contributed by atoms with E-state index in [4.69, 9.17) is 0 Å². The van der Waals surface area contributed by atoms with E-state index in [0.717, 1.165) is 11.1 Å². The summed E-state index contributed by atoms with van der Waals surface area (Å²) in [6.45, 7) is 2.27. The summed E-state index contributed by atoms with van der Waals surface area (Å²) < 4.78 is 25.3. The molecule has 1 N–H and O–H groups in total. The van der Waals surface area contributed by atoms with E-state index in [0.29, 0.717) is 30.6 Å². The number of nitrogens with one attached hydrogen (secondary N) is 1. The molecule has 0 aliphatic carbocycles. The Balaban J connectivity index is 1.52. The molecule has 3 aromatic rings. The molecule has 1 aliphatic rings. The van der Waals surface area contributed by atoms with Gasteiger partial charge in [-0.3, -0.25) is 9.59 Å². The highest BCUT2D eigenvalue weighted by Crippen LogP contribution is 2.23. The summed E-state index contributed by atoms with van der Waals surface area (Å²) in [5.74, 6) is -0.233. The fourth-order valence-corrected chi connectivity index (χ4v) is 6.35. The Bertz CT molecular complexity index is 1300. The second-order valence-corrected chi connectivity index (χ2v) is 10.9. The molecule has 4 rings (SSSR count). The molecule has 2 heterocycles. The van der Waals surface area contributed by atoms with Crippen molar-refractivity contribution in [2.45, 2.75) is 44.7 Å². The molecule has 7 nitrogen and oxygen atoms in total. The van der Waals surface area contributed by atoms with Crippen LogP contribution in [0.4, 0.5) is 0 Å². The standard InChI is InChI=1S/C24H27N3O4S/c1-24(14-16-32(30,31)17-24)26-22(28)12-11-20-23(29)27(15-13-18-7-3-2-4-8-18)21-10-6-5-9-19(21)25-20/h2-10H,11-17H2,1H3,(H,26,28). The van der Waals surface area contributed by atoms with Crippen molar-refractivity contribution < 1.29 is 13.2 Å². The van der Waals surface area contributed by atoms with E-state index in [-0.39, 0.29) is 35.8 Å². The molecular formula is C24H27N3O4S. The summed E-state index contributed by atoms with van der Waals surface area (Å²) in [6, 6.07) is 17.5. The van der Waals surface area contributed by atoms with Gasteiger partial charge in [-0.1, -0.05) is 42.5 Å². The van der Waals surface area contributed by atoms with Crippen molar-refractivity contribution in [3.05, 3.63) is 76.2 Å². The quantitative estimate of drug-likeness (QED) is 0.592. The lowest BCUT2D eigenvalue weighted by atomic mass is 10.0. The van der Waals surface area contributed by atoms with Gasteiger partial charge in [0, 0.05) is 19.4 Å². The van der Waals surface area contributed by atoms with Crippen LogP contribution < -0.4 is 10.9 Å². The third-order valence-corrected chi connectivity index (χ3v) is 7.82. The van der Waals surface area contributed by atoms with Crippen molar-refractivity contribution in [2.24, 2.45) is 0 Å². The molecule has 1 atom stereocenters. The Hall–Kier alpha value is -3.00. The highest BCUT2D eigenvalue weighted by atomic mass is 32.2. The predicted octanol–water partition coefficient (Wildman–Crippen LogP) is 2.27. The lowest BCUT2D eigenvalue weighted by molar-refractivity contribution is -0.122. The number of rotatable bonds is 7. The monoisotopic (exact) mass is 453 g/mol. The molecule has 2 aromatic carbocycles. The molecule has 0 bridgehead atoms. The van der Waals surface area contributed by atoms with Gasteiger partial charge in [0.05, 0.1) is 28.1 Å². The smallest absolute Gasteiger partial charge is 0.272 e. The molecule has 0 saturated carbocycles. The molecule has 32 heavy (non-hydrogen) atoms. The van der Waals surface area contributed by atoms with Gasteiger partial charge in [0.2, 0.25) is 5.91 Å². The van der Waals surface area contributed by atoms with E-state index in [1.165, 1.54) is 0 Å². The number of nitrogens with zero attached hydrogens (tertiary/aromatic N) is 2. The van der Waals surface area contributed by atoms with Crippen molar-refractivity contribution in [1.29, 1.82) is 0 Å². The first-order valence-corrected chi connectivity index (χ1v) is 12.6. The number of hydrogen-bond donors (Lipinski definition) is 1. The van der Waals surface area contributed by atoms with Crippen LogP contribution in [-0.2, 0) is 34.0 Å². The molecule has 1 saturated heterocycles. The van der Waals surface area contributed by atoms with Crippen molar-refractivity contribution in [3.8, 4) is 0 Å². The highest BCUT2D eigenvalue weighted by Gasteiger charge is 2.39. The van der Waals surface area contributed by atoms with Gasteiger partial charge in [-0.15, -0.1) is 0 Å². The van der Waals surface area contributed by atoms with Gasteiger partial charge in [-0.25, -0.2) is 13.4 Å². The van der Waals surface area contributed by atoms with Crippen LogP contribution in [0.3, 0.4) is 0 Å².